The number of anilines is 2. The maximum Gasteiger partial charge on any atom is 0.407 e. The predicted molar refractivity (Wildman–Crippen MR) is 121 cm³/mol. The number of amides is 1. The Morgan fingerprint density at radius 2 is 2.03 bits per heavy atom. The quantitative estimate of drug-likeness (QED) is 0.336. The van der Waals surface area contributed by atoms with E-state index in [0.29, 0.717) is 30.8 Å². The first kappa shape index (κ1) is 24.6. The largest absolute Gasteiger partial charge is 0.444 e. The summed E-state index contributed by atoms with van der Waals surface area (Å²) in [5, 5.41) is 23.7. The van der Waals surface area contributed by atoms with Crippen LogP contribution in [-0.4, -0.2) is 91.3 Å². The molecule has 2 aromatic rings. The van der Waals surface area contributed by atoms with E-state index in [9.17, 15) is 15.0 Å². The van der Waals surface area contributed by atoms with Gasteiger partial charge in [-0.05, 0) is 27.8 Å². The van der Waals surface area contributed by atoms with Gasteiger partial charge in [-0.15, -0.1) is 0 Å². The van der Waals surface area contributed by atoms with Crippen LogP contribution in [-0.2, 0) is 9.47 Å². The Morgan fingerprint density at radius 1 is 1.30 bits per heavy atom. The molecule has 3 rings (SSSR count). The molecule has 1 aliphatic rings. The number of fused-ring (bicyclic) bond motifs is 1. The summed E-state index contributed by atoms with van der Waals surface area (Å²) in [4.78, 5) is 25.7. The Labute approximate surface area is 191 Å². The van der Waals surface area contributed by atoms with Crippen LogP contribution in [0.5, 0.6) is 0 Å². The summed E-state index contributed by atoms with van der Waals surface area (Å²) in [6, 6.07) is 0. The molecule has 4 atom stereocenters. The van der Waals surface area contributed by atoms with E-state index in [2.05, 4.69) is 20.3 Å². The van der Waals surface area contributed by atoms with E-state index in [1.807, 2.05) is 18.0 Å². The zero-order chi connectivity index (χ0) is 24.3. The van der Waals surface area contributed by atoms with Gasteiger partial charge in [-0.1, -0.05) is 12.2 Å². The molecule has 1 aliphatic heterocycles. The number of hydrogen-bond acceptors (Lipinski definition) is 11. The van der Waals surface area contributed by atoms with Crippen LogP contribution in [0.15, 0.2) is 18.5 Å². The molecule has 0 spiro atoms. The van der Waals surface area contributed by atoms with Gasteiger partial charge in [-0.3, -0.25) is 4.57 Å². The van der Waals surface area contributed by atoms with Gasteiger partial charge in [0.05, 0.1) is 6.33 Å². The Morgan fingerprint density at radius 3 is 2.73 bits per heavy atom. The molecule has 13 heteroatoms. The number of nitrogens with zero attached hydrogens (tertiary/aromatic N) is 5. The second-order valence-corrected chi connectivity index (χ2v) is 8.91. The molecule has 2 aromatic heterocycles. The van der Waals surface area contributed by atoms with Crippen molar-refractivity contribution >= 4 is 29.0 Å². The second-order valence-electron chi connectivity index (χ2n) is 8.91. The van der Waals surface area contributed by atoms with E-state index in [-0.39, 0.29) is 11.8 Å². The van der Waals surface area contributed by atoms with Crippen molar-refractivity contribution in [2.24, 2.45) is 0 Å². The summed E-state index contributed by atoms with van der Waals surface area (Å²) in [5.41, 5.74) is 11.6. The van der Waals surface area contributed by atoms with Gasteiger partial charge >= 0.3 is 6.09 Å². The van der Waals surface area contributed by atoms with Crippen molar-refractivity contribution in [1.29, 1.82) is 0 Å². The Hall–Kier alpha value is -3.00. The average Bonchev–Trinajstić information content (AvgIpc) is 3.22. The molecule has 1 amide bonds. The van der Waals surface area contributed by atoms with Crippen molar-refractivity contribution in [3.8, 4) is 0 Å². The highest BCUT2D eigenvalue weighted by atomic mass is 16.6. The van der Waals surface area contributed by atoms with E-state index < -0.39 is 36.2 Å². The highest BCUT2D eigenvalue weighted by molar-refractivity contribution is 5.82. The van der Waals surface area contributed by atoms with E-state index >= 15 is 0 Å². The minimum Gasteiger partial charge on any atom is -0.444 e. The number of carbonyl (C=O) groups excluding carboxylic acids is 1. The van der Waals surface area contributed by atoms with Crippen LogP contribution in [0.4, 0.5) is 16.6 Å². The summed E-state index contributed by atoms with van der Waals surface area (Å²) in [7, 11) is 1.85. The topological polar surface area (TPSA) is 187 Å². The van der Waals surface area contributed by atoms with Gasteiger partial charge in [-0.2, -0.15) is 9.97 Å². The van der Waals surface area contributed by atoms with Crippen LogP contribution in [0, 0.1) is 0 Å². The fourth-order valence-electron chi connectivity index (χ4n) is 3.43. The molecule has 1 fully saturated rings. The normalized spacial score (nSPS) is 23.6. The number of aliphatic hydroxyl groups excluding tert-OH is 2. The van der Waals surface area contributed by atoms with Crippen molar-refractivity contribution in [3.05, 3.63) is 18.5 Å². The van der Waals surface area contributed by atoms with E-state index in [4.69, 9.17) is 20.9 Å². The number of likely N-dealkylation sites (N-methyl/N-ethyl adjacent to an activating group) is 1. The highest BCUT2D eigenvalue weighted by Crippen LogP contribution is 2.32. The van der Waals surface area contributed by atoms with Gasteiger partial charge in [0, 0.05) is 19.6 Å². The van der Waals surface area contributed by atoms with Gasteiger partial charge in [0.25, 0.3) is 0 Å². The average molecular weight is 465 g/mol. The molecular weight excluding hydrogens is 432 g/mol. The first-order valence-electron chi connectivity index (χ1n) is 10.5. The first-order chi connectivity index (χ1) is 15.5. The lowest BCUT2D eigenvalue weighted by atomic mass is 10.1. The first-order valence-corrected chi connectivity index (χ1v) is 10.5. The number of nitrogen functional groups attached to an aromatic ring is 2. The molecule has 0 aliphatic carbocycles. The van der Waals surface area contributed by atoms with Gasteiger partial charge in [0.15, 0.2) is 17.7 Å². The number of aromatic nitrogens is 4. The summed E-state index contributed by atoms with van der Waals surface area (Å²) in [6.45, 7) is 6.61. The molecule has 0 aromatic carbocycles. The number of hydrogen-bond donors (Lipinski definition) is 5. The smallest absolute Gasteiger partial charge is 0.407 e. The number of nitrogens with two attached hydrogens (primary N) is 2. The molecule has 0 unspecified atom stereocenters. The summed E-state index contributed by atoms with van der Waals surface area (Å²) in [5.74, 6) is 0.0903. The fourth-order valence-corrected chi connectivity index (χ4v) is 3.43. The molecule has 182 valence electrons. The SMILES string of the molecule is CN(C/C=C\CNC(=O)OC(C)(C)C)C[C@H]1O[C@@H](n2cnc3c(N)nc(N)nc32)[C@H](O)[C@@H]1O. The number of ether oxygens (including phenoxy) is 2. The Kier molecular flexibility index (Phi) is 7.37. The molecule has 0 radical (unpaired) electrons. The summed E-state index contributed by atoms with van der Waals surface area (Å²) < 4.78 is 12.6. The number of carbonyl (C=O) groups is 1. The second kappa shape index (κ2) is 9.87. The van der Waals surface area contributed by atoms with E-state index in [0.717, 1.165) is 0 Å². The summed E-state index contributed by atoms with van der Waals surface area (Å²) >= 11 is 0. The van der Waals surface area contributed by atoms with Gasteiger partial charge in [0.2, 0.25) is 5.95 Å². The van der Waals surface area contributed by atoms with Crippen LogP contribution in [0.25, 0.3) is 11.2 Å². The van der Waals surface area contributed by atoms with Gasteiger partial charge < -0.3 is 41.4 Å². The lowest BCUT2D eigenvalue weighted by Crippen LogP contribution is -2.38. The van der Waals surface area contributed by atoms with Crippen LogP contribution >= 0.6 is 0 Å². The van der Waals surface area contributed by atoms with E-state index in [1.165, 1.54) is 10.9 Å². The number of aliphatic hydroxyl groups is 2. The molecule has 33 heavy (non-hydrogen) atoms. The van der Waals surface area contributed by atoms with Crippen LogP contribution in [0.2, 0.25) is 0 Å². The number of nitrogens with one attached hydrogen (secondary N) is 1. The zero-order valence-corrected chi connectivity index (χ0v) is 19.2. The standard InChI is InChI=1S/C20H32N8O5/c1-20(2,3)33-19(31)23-7-5-6-8-27(4)9-11-13(29)14(30)17(32-11)28-10-24-12-15(21)25-18(22)26-16(12)28/h5-6,10-11,13-14,17,29-30H,7-9H2,1-4H3,(H,23,31)(H4,21,22,25,26)/b6-5-/t11-,13-,14-,17-/m1/s1. The van der Waals surface area contributed by atoms with Crippen LogP contribution in [0.3, 0.4) is 0 Å². The van der Waals surface area contributed by atoms with Crippen molar-refractivity contribution in [1.82, 2.24) is 29.7 Å². The molecular formula is C20H32N8O5. The lowest BCUT2D eigenvalue weighted by Gasteiger charge is -2.21. The third-order valence-electron chi connectivity index (χ3n) is 4.92. The van der Waals surface area contributed by atoms with Crippen LogP contribution < -0.4 is 16.8 Å². The molecule has 0 saturated carbocycles. The van der Waals surface area contributed by atoms with Crippen molar-refractivity contribution < 1.29 is 24.5 Å². The maximum absolute atomic E-state index is 11.6. The monoisotopic (exact) mass is 464 g/mol. The highest BCUT2D eigenvalue weighted by Gasteiger charge is 2.44. The Bertz CT molecular complexity index is 1000. The number of imidazole rings is 1. The minimum atomic E-state index is -1.20. The van der Waals surface area contributed by atoms with Crippen molar-refractivity contribution in [2.45, 2.75) is 50.9 Å². The van der Waals surface area contributed by atoms with Crippen molar-refractivity contribution in [2.75, 3.05) is 38.1 Å². The third-order valence-corrected chi connectivity index (χ3v) is 4.92. The predicted octanol–water partition coefficient (Wildman–Crippen LogP) is -0.377. The van der Waals surface area contributed by atoms with Crippen molar-refractivity contribution in [3.63, 3.8) is 0 Å². The molecule has 0 bridgehead atoms. The molecule has 13 nitrogen and oxygen atoms in total. The van der Waals surface area contributed by atoms with Gasteiger partial charge in [-0.25, -0.2) is 9.78 Å². The minimum absolute atomic E-state index is 0.0287. The maximum atomic E-state index is 11.6. The van der Waals surface area contributed by atoms with Crippen LogP contribution in [0.1, 0.15) is 27.0 Å². The van der Waals surface area contributed by atoms with Gasteiger partial charge in [0.1, 0.15) is 29.4 Å². The zero-order valence-electron chi connectivity index (χ0n) is 19.2. The molecule has 7 N–H and O–H groups in total. The fraction of sp³-hybridized carbons (Fsp3) is 0.600. The summed E-state index contributed by atoms with van der Waals surface area (Å²) in [6.07, 6.45) is 0.722. The number of rotatable bonds is 7. The Balaban J connectivity index is 1.54. The third kappa shape index (κ3) is 6.07. The molecule has 3 heterocycles. The van der Waals surface area contributed by atoms with E-state index in [1.54, 1.807) is 26.8 Å². The lowest BCUT2D eigenvalue weighted by molar-refractivity contribution is -0.0414. The molecule has 1 saturated heterocycles. The number of alkyl carbamates (subject to hydrolysis) is 1.